The van der Waals surface area contributed by atoms with E-state index in [9.17, 15) is 9.90 Å². The van der Waals surface area contributed by atoms with Crippen LogP contribution in [0.5, 0.6) is 0 Å². The van der Waals surface area contributed by atoms with E-state index in [2.05, 4.69) is 18.7 Å². The van der Waals surface area contributed by atoms with Crippen molar-refractivity contribution in [3.05, 3.63) is 35.6 Å². The number of nitrogens with zero attached hydrogens (tertiary/aromatic N) is 1. The third-order valence-corrected chi connectivity index (χ3v) is 4.61. The Labute approximate surface area is 124 Å². The second-order valence-corrected chi connectivity index (χ2v) is 6.01. The predicted molar refractivity (Wildman–Crippen MR) is 81.5 cm³/mol. The van der Waals surface area contributed by atoms with Gasteiger partial charge in [-0.05, 0) is 32.8 Å². The van der Waals surface area contributed by atoms with Gasteiger partial charge in [-0.1, -0.05) is 24.6 Å². The highest BCUT2D eigenvalue weighted by atomic mass is 16.4. The molecule has 0 aliphatic carbocycles. The Morgan fingerprint density at radius 3 is 2.62 bits per heavy atom. The van der Waals surface area contributed by atoms with Crippen molar-refractivity contribution in [2.75, 3.05) is 0 Å². The van der Waals surface area contributed by atoms with Crippen molar-refractivity contribution >= 4 is 16.9 Å². The van der Waals surface area contributed by atoms with Crippen LogP contribution in [0.4, 0.5) is 0 Å². The van der Waals surface area contributed by atoms with E-state index in [0.29, 0.717) is 24.2 Å². The van der Waals surface area contributed by atoms with Crippen LogP contribution in [-0.2, 0) is 6.54 Å². The van der Waals surface area contributed by atoms with Gasteiger partial charge in [-0.3, -0.25) is 4.90 Å². The molecule has 1 aliphatic heterocycles. The van der Waals surface area contributed by atoms with Gasteiger partial charge in [-0.25, -0.2) is 4.79 Å². The van der Waals surface area contributed by atoms with Gasteiger partial charge >= 0.3 is 5.97 Å². The van der Waals surface area contributed by atoms with Crippen LogP contribution in [-0.4, -0.2) is 28.1 Å². The van der Waals surface area contributed by atoms with E-state index in [1.807, 2.05) is 24.3 Å². The lowest BCUT2D eigenvalue weighted by Gasteiger charge is -2.38. The molecule has 2 unspecified atom stereocenters. The third-order valence-electron chi connectivity index (χ3n) is 4.61. The minimum atomic E-state index is -0.987. The second-order valence-electron chi connectivity index (χ2n) is 6.01. The van der Waals surface area contributed by atoms with Crippen molar-refractivity contribution in [1.29, 1.82) is 0 Å². The third kappa shape index (κ3) is 2.56. The van der Waals surface area contributed by atoms with Crippen molar-refractivity contribution in [1.82, 2.24) is 4.90 Å². The van der Waals surface area contributed by atoms with Crippen LogP contribution < -0.4 is 0 Å². The molecule has 0 radical (unpaired) electrons. The maximum Gasteiger partial charge on any atom is 0.372 e. The first-order valence-corrected chi connectivity index (χ1v) is 7.57. The first kappa shape index (κ1) is 14.1. The molecule has 1 aromatic carbocycles. The number of para-hydroxylation sites is 1. The van der Waals surface area contributed by atoms with Gasteiger partial charge in [-0.2, -0.15) is 0 Å². The van der Waals surface area contributed by atoms with Crippen molar-refractivity contribution in [3.8, 4) is 0 Å². The zero-order chi connectivity index (χ0) is 15.0. The topological polar surface area (TPSA) is 53.7 Å². The predicted octanol–water partition coefficient (Wildman–Crippen LogP) is 3.89. The van der Waals surface area contributed by atoms with Crippen LogP contribution in [0, 0.1) is 0 Å². The first-order valence-electron chi connectivity index (χ1n) is 7.57. The number of fused-ring (bicyclic) bond motifs is 1. The molecular weight excluding hydrogens is 266 g/mol. The summed E-state index contributed by atoms with van der Waals surface area (Å²) in [6.07, 6.45) is 3.59. The summed E-state index contributed by atoms with van der Waals surface area (Å²) in [6.45, 7) is 5.08. The Morgan fingerprint density at radius 1 is 1.29 bits per heavy atom. The summed E-state index contributed by atoms with van der Waals surface area (Å²) in [6, 6.07) is 8.52. The average molecular weight is 287 g/mol. The lowest BCUT2D eigenvalue weighted by atomic mass is 9.96. The quantitative estimate of drug-likeness (QED) is 0.930. The molecule has 0 amide bonds. The SMILES string of the molecule is CC1CCCC(C)N1Cc1c(C(=O)O)oc2ccccc12. The van der Waals surface area contributed by atoms with Gasteiger partial charge in [0.2, 0.25) is 5.76 Å². The van der Waals surface area contributed by atoms with Crippen LogP contribution in [0.3, 0.4) is 0 Å². The summed E-state index contributed by atoms with van der Waals surface area (Å²) in [7, 11) is 0. The zero-order valence-electron chi connectivity index (χ0n) is 12.5. The largest absolute Gasteiger partial charge is 0.475 e. The fourth-order valence-electron chi connectivity index (χ4n) is 3.40. The normalized spacial score (nSPS) is 23.5. The van der Waals surface area contributed by atoms with Gasteiger partial charge in [0, 0.05) is 29.6 Å². The number of hydrogen-bond donors (Lipinski definition) is 1. The number of carbonyl (C=O) groups is 1. The molecule has 4 heteroatoms. The molecule has 21 heavy (non-hydrogen) atoms. The van der Waals surface area contributed by atoms with E-state index in [-0.39, 0.29) is 5.76 Å². The molecule has 1 aliphatic rings. The molecule has 1 aromatic heterocycles. The minimum absolute atomic E-state index is 0.0844. The van der Waals surface area contributed by atoms with Crippen LogP contribution in [0.25, 0.3) is 11.0 Å². The summed E-state index contributed by atoms with van der Waals surface area (Å²) in [5.74, 6) is -0.903. The number of piperidine rings is 1. The van der Waals surface area contributed by atoms with Gasteiger partial charge < -0.3 is 9.52 Å². The molecule has 2 aromatic rings. The van der Waals surface area contributed by atoms with Gasteiger partial charge in [-0.15, -0.1) is 0 Å². The summed E-state index contributed by atoms with van der Waals surface area (Å²) in [4.78, 5) is 13.9. The van der Waals surface area contributed by atoms with Crippen molar-refractivity contribution in [3.63, 3.8) is 0 Å². The number of rotatable bonds is 3. The van der Waals surface area contributed by atoms with E-state index in [0.717, 1.165) is 10.9 Å². The van der Waals surface area contributed by atoms with E-state index in [1.54, 1.807) is 0 Å². The van der Waals surface area contributed by atoms with E-state index >= 15 is 0 Å². The van der Waals surface area contributed by atoms with Crippen LogP contribution in [0.2, 0.25) is 0 Å². The Kier molecular flexibility index (Phi) is 3.72. The lowest BCUT2D eigenvalue weighted by molar-refractivity contribution is 0.0651. The van der Waals surface area contributed by atoms with Crippen LogP contribution >= 0.6 is 0 Å². The molecule has 0 spiro atoms. The monoisotopic (exact) mass is 287 g/mol. The number of hydrogen-bond acceptors (Lipinski definition) is 3. The number of furan rings is 1. The van der Waals surface area contributed by atoms with Crippen molar-refractivity contribution < 1.29 is 14.3 Å². The molecular formula is C17H21NO3. The summed E-state index contributed by atoms with van der Waals surface area (Å²) >= 11 is 0. The number of aromatic carboxylic acids is 1. The molecule has 112 valence electrons. The molecule has 4 nitrogen and oxygen atoms in total. The number of carboxylic acid groups (broad SMARTS) is 1. The molecule has 3 rings (SSSR count). The molecule has 1 saturated heterocycles. The minimum Gasteiger partial charge on any atom is -0.475 e. The number of likely N-dealkylation sites (tertiary alicyclic amines) is 1. The van der Waals surface area contributed by atoms with E-state index in [1.165, 1.54) is 19.3 Å². The summed E-state index contributed by atoms with van der Waals surface area (Å²) in [5.41, 5.74) is 1.46. The fraction of sp³-hybridized carbons (Fsp3) is 0.471. The number of carboxylic acids is 1. The number of benzene rings is 1. The first-order chi connectivity index (χ1) is 10.1. The maximum atomic E-state index is 11.5. The van der Waals surface area contributed by atoms with Crippen molar-refractivity contribution in [2.45, 2.75) is 51.7 Å². The molecule has 2 atom stereocenters. The van der Waals surface area contributed by atoms with E-state index < -0.39 is 5.97 Å². The Morgan fingerprint density at radius 2 is 1.95 bits per heavy atom. The molecule has 0 saturated carbocycles. The lowest BCUT2D eigenvalue weighted by Crippen LogP contribution is -2.43. The fourth-order valence-corrected chi connectivity index (χ4v) is 3.40. The summed E-state index contributed by atoms with van der Waals surface area (Å²) < 4.78 is 5.55. The molecule has 0 bridgehead atoms. The maximum absolute atomic E-state index is 11.5. The Hall–Kier alpha value is -1.81. The van der Waals surface area contributed by atoms with Gasteiger partial charge in [0.15, 0.2) is 0 Å². The van der Waals surface area contributed by atoms with Gasteiger partial charge in [0.25, 0.3) is 0 Å². The second kappa shape index (κ2) is 5.53. The average Bonchev–Trinajstić information content (AvgIpc) is 2.82. The zero-order valence-corrected chi connectivity index (χ0v) is 12.5. The van der Waals surface area contributed by atoms with E-state index in [4.69, 9.17) is 4.42 Å². The Balaban J connectivity index is 2.02. The smallest absolute Gasteiger partial charge is 0.372 e. The standard InChI is InChI=1S/C17H21NO3/c1-11-6-5-7-12(2)18(11)10-14-13-8-3-4-9-15(13)21-16(14)17(19)20/h3-4,8-9,11-12H,5-7,10H2,1-2H3,(H,19,20). The van der Waals surface area contributed by atoms with Crippen LogP contribution in [0.15, 0.2) is 28.7 Å². The highest BCUT2D eigenvalue weighted by Gasteiger charge is 2.28. The highest BCUT2D eigenvalue weighted by Crippen LogP contribution is 2.31. The Bertz CT molecular complexity index is 651. The van der Waals surface area contributed by atoms with Gasteiger partial charge in [0.05, 0.1) is 0 Å². The molecule has 1 N–H and O–H groups in total. The van der Waals surface area contributed by atoms with Crippen molar-refractivity contribution in [2.24, 2.45) is 0 Å². The van der Waals surface area contributed by atoms with Crippen LogP contribution in [0.1, 0.15) is 49.2 Å². The summed E-state index contributed by atoms with van der Waals surface area (Å²) in [5, 5.41) is 10.3. The molecule has 2 heterocycles. The molecule has 1 fully saturated rings. The van der Waals surface area contributed by atoms with Gasteiger partial charge in [0.1, 0.15) is 5.58 Å². The highest BCUT2D eigenvalue weighted by molar-refractivity contribution is 5.95.